The van der Waals surface area contributed by atoms with Crippen LogP contribution in [0.4, 0.5) is 0 Å². The van der Waals surface area contributed by atoms with Crippen LogP contribution in [0, 0.1) is 5.92 Å². The van der Waals surface area contributed by atoms with E-state index in [0.717, 1.165) is 102 Å². The SMILES string of the molecule is CCCCCCCCCCCCCCCCCCCCCCCCC(=O)OC[C@H](COP(=O)(O)OC[C@@H](O)COP(=O)(O)OC[C@@H](COC(=O)CCCCCCC)OC(=O)CCCCCCCCCCC)OC(=O)CCCCCCCCCCCCCCCCCCCCC(C)CC. The van der Waals surface area contributed by atoms with Gasteiger partial charge in [-0.15, -0.1) is 0 Å². The summed E-state index contributed by atoms with van der Waals surface area (Å²) >= 11 is 0. The molecule has 0 saturated heterocycles. The van der Waals surface area contributed by atoms with Crippen LogP contribution in [0.15, 0.2) is 0 Å². The third kappa shape index (κ3) is 71.1. The van der Waals surface area contributed by atoms with Gasteiger partial charge in [0.05, 0.1) is 26.4 Å². The van der Waals surface area contributed by atoms with Crippen molar-refractivity contribution >= 4 is 39.5 Å². The molecule has 17 nitrogen and oxygen atoms in total. The van der Waals surface area contributed by atoms with Crippen molar-refractivity contribution in [3.8, 4) is 0 Å². The van der Waals surface area contributed by atoms with Crippen molar-refractivity contribution in [3.05, 3.63) is 0 Å². The predicted molar refractivity (Wildman–Crippen MR) is 400 cm³/mol. The molecule has 0 fully saturated rings. The van der Waals surface area contributed by atoms with Gasteiger partial charge in [-0.1, -0.05) is 369 Å². The molecular weight excluding hydrogens is 1280 g/mol. The van der Waals surface area contributed by atoms with E-state index in [1.54, 1.807) is 0 Å². The number of phosphoric ester groups is 2. The Labute approximate surface area is 600 Å². The Morgan fingerprint density at radius 2 is 0.490 bits per heavy atom. The molecule has 0 amide bonds. The zero-order chi connectivity index (χ0) is 71.9. The van der Waals surface area contributed by atoms with Gasteiger partial charge in [0, 0.05) is 25.7 Å². The van der Waals surface area contributed by atoms with E-state index in [2.05, 4.69) is 34.6 Å². The smallest absolute Gasteiger partial charge is 0.462 e. The molecule has 0 rings (SSSR count). The molecule has 0 saturated carbocycles. The number of hydrogen-bond acceptors (Lipinski definition) is 15. The Morgan fingerprint density at radius 3 is 0.724 bits per heavy atom. The van der Waals surface area contributed by atoms with Gasteiger partial charge in [-0.25, -0.2) is 9.13 Å². The van der Waals surface area contributed by atoms with Crippen LogP contribution in [0.3, 0.4) is 0 Å². The fraction of sp³-hybridized carbons (Fsp3) is 0.949. The second-order valence-electron chi connectivity index (χ2n) is 28.7. The summed E-state index contributed by atoms with van der Waals surface area (Å²) in [6.07, 6.45) is 63.2. The molecule has 582 valence electrons. The molecule has 0 aromatic rings. The molecule has 0 aliphatic rings. The maximum absolute atomic E-state index is 13.1. The summed E-state index contributed by atoms with van der Waals surface area (Å²) in [7, 11) is -9.90. The van der Waals surface area contributed by atoms with Gasteiger partial charge < -0.3 is 33.8 Å². The number of carbonyl (C=O) groups excluding carboxylic acids is 4. The quantitative estimate of drug-likeness (QED) is 0.0222. The molecule has 6 atom stereocenters. The van der Waals surface area contributed by atoms with E-state index in [0.29, 0.717) is 25.7 Å². The molecule has 3 N–H and O–H groups in total. The molecular formula is C79H154O17P2. The van der Waals surface area contributed by atoms with E-state index in [1.165, 1.54) is 238 Å². The van der Waals surface area contributed by atoms with Crippen molar-refractivity contribution in [2.24, 2.45) is 5.92 Å². The van der Waals surface area contributed by atoms with Gasteiger partial charge in [-0.2, -0.15) is 0 Å². The normalized spacial score (nSPS) is 14.2. The minimum absolute atomic E-state index is 0.105. The summed E-state index contributed by atoms with van der Waals surface area (Å²) < 4.78 is 68.3. The number of phosphoric acid groups is 2. The van der Waals surface area contributed by atoms with Gasteiger partial charge in [0.25, 0.3) is 0 Å². The first-order valence-corrected chi connectivity index (χ1v) is 44.2. The second kappa shape index (κ2) is 72.0. The Kier molecular flexibility index (Phi) is 70.6. The first kappa shape index (κ1) is 96.1. The van der Waals surface area contributed by atoms with Crippen molar-refractivity contribution in [1.82, 2.24) is 0 Å². The van der Waals surface area contributed by atoms with E-state index in [4.69, 9.17) is 37.0 Å². The van der Waals surface area contributed by atoms with Crippen molar-refractivity contribution in [1.29, 1.82) is 0 Å². The molecule has 0 aromatic carbocycles. The number of ether oxygens (including phenoxy) is 4. The van der Waals surface area contributed by atoms with E-state index < -0.39 is 97.5 Å². The fourth-order valence-electron chi connectivity index (χ4n) is 12.2. The minimum atomic E-state index is -4.96. The van der Waals surface area contributed by atoms with Crippen LogP contribution in [-0.2, 0) is 65.4 Å². The highest BCUT2D eigenvalue weighted by atomic mass is 31.2. The van der Waals surface area contributed by atoms with Crippen LogP contribution < -0.4 is 0 Å². The molecule has 0 aliphatic carbocycles. The summed E-state index contributed by atoms with van der Waals surface area (Å²) in [5.74, 6) is -1.26. The zero-order valence-electron chi connectivity index (χ0n) is 63.9. The number of rotatable bonds is 79. The molecule has 98 heavy (non-hydrogen) atoms. The number of carbonyl (C=O) groups is 4. The fourth-order valence-corrected chi connectivity index (χ4v) is 13.8. The summed E-state index contributed by atoms with van der Waals surface area (Å²) in [5, 5.41) is 10.6. The lowest BCUT2D eigenvalue weighted by Crippen LogP contribution is -2.30. The first-order valence-electron chi connectivity index (χ1n) is 41.2. The van der Waals surface area contributed by atoms with Gasteiger partial charge in [0.2, 0.25) is 0 Å². The van der Waals surface area contributed by atoms with Crippen molar-refractivity contribution in [2.45, 2.75) is 438 Å². The van der Waals surface area contributed by atoms with Crippen molar-refractivity contribution < 1.29 is 80.2 Å². The Balaban J connectivity index is 5.06. The highest BCUT2D eigenvalue weighted by Crippen LogP contribution is 2.45. The number of aliphatic hydroxyl groups excluding tert-OH is 1. The number of esters is 4. The van der Waals surface area contributed by atoms with Gasteiger partial charge >= 0.3 is 39.5 Å². The highest BCUT2D eigenvalue weighted by molar-refractivity contribution is 7.47. The minimum Gasteiger partial charge on any atom is -0.462 e. The standard InChI is InChI=1S/C79H154O17P2/c1-6-10-13-16-18-20-21-22-23-24-25-26-27-28-32-35-38-41-45-48-53-58-63-77(82)90-69-75(96-79(84)65-60-55-50-46-42-39-36-33-30-29-31-34-37-40-44-47-52-56-61-72(5)9-4)71-94-98(87,88)92-67-73(80)66-91-97(85,86)93-70-74(68-89-76(81)62-57-51-15-12-8-3)95-78(83)64-59-54-49-43-19-17-14-11-7-2/h72-75,80H,6-71H2,1-5H3,(H,85,86)(H,87,88)/t72?,73-,74+,75+/m0/s1. The molecule has 0 spiro atoms. The summed E-state index contributed by atoms with van der Waals surface area (Å²) in [6, 6.07) is 0. The Bertz CT molecular complexity index is 1880. The highest BCUT2D eigenvalue weighted by Gasteiger charge is 2.30. The molecule has 0 bridgehead atoms. The van der Waals surface area contributed by atoms with Crippen LogP contribution in [0.5, 0.6) is 0 Å². The predicted octanol–water partition coefficient (Wildman–Crippen LogP) is 23.6. The third-order valence-corrected chi connectivity index (χ3v) is 20.8. The van der Waals surface area contributed by atoms with E-state index in [9.17, 15) is 43.2 Å². The van der Waals surface area contributed by atoms with Crippen LogP contribution in [0.25, 0.3) is 0 Å². The average molecular weight is 1440 g/mol. The van der Waals surface area contributed by atoms with Gasteiger partial charge in [0.1, 0.15) is 19.3 Å². The van der Waals surface area contributed by atoms with Crippen LogP contribution in [-0.4, -0.2) is 96.7 Å². The van der Waals surface area contributed by atoms with Gasteiger partial charge in [-0.3, -0.25) is 37.3 Å². The lowest BCUT2D eigenvalue weighted by molar-refractivity contribution is -0.161. The van der Waals surface area contributed by atoms with Gasteiger partial charge in [0.15, 0.2) is 12.2 Å². The molecule has 0 heterocycles. The van der Waals surface area contributed by atoms with E-state index in [-0.39, 0.29) is 25.7 Å². The lowest BCUT2D eigenvalue weighted by atomic mass is 9.99. The molecule has 0 aromatic heterocycles. The molecule has 19 heteroatoms. The van der Waals surface area contributed by atoms with Gasteiger partial charge in [-0.05, 0) is 31.6 Å². The molecule has 0 aliphatic heterocycles. The average Bonchev–Trinajstić information content (AvgIpc) is 0.969. The van der Waals surface area contributed by atoms with Crippen LogP contribution in [0.1, 0.15) is 420 Å². The number of hydrogen-bond donors (Lipinski definition) is 3. The summed E-state index contributed by atoms with van der Waals surface area (Å²) in [6.45, 7) is 7.26. The summed E-state index contributed by atoms with van der Waals surface area (Å²) in [4.78, 5) is 72.5. The monoisotopic (exact) mass is 1440 g/mol. The molecule has 3 unspecified atom stereocenters. The summed E-state index contributed by atoms with van der Waals surface area (Å²) in [5.41, 5.74) is 0. The first-order chi connectivity index (χ1) is 47.6. The van der Waals surface area contributed by atoms with Crippen molar-refractivity contribution in [2.75, 3.05) is 39.6 Å². The van der Waals surface area contributed by atoms with Crippen molar-refractivity contribution in [3.63, 3.8) is 0 Å². The lowest BCUT2D eigenvalue weighted by Gasteiger charge is -2.21. The number of aliphatic hydroxyl groups is 1. The van der Waals surface area contributed by atoms with E-state index >= 15 is 0 Å². The maximum Gasteiger partial charge on any atom is 0.472 e. The maximum atomic E-state index is 13.1. The third-order valence-electron chi connectivity index (χ3n) is 18.9. The van der Waals surface area contributed by atoms with E-state index in [1.807, 2.05) is 0 Å². The number of unbranched alkanes of at least 4 members (excludes halogenated alkanes) is 50. The molecule has 0 radical (unpaired) electrons. The van der Waals surface area contributed by atoms with Crippen LogP contribution in [0.2, 0.25) is 0 Å². The van der Waals surface area contributed by atoms with Crippen LogP contribution >= 0.6 is 15.6 Å². The second-order valence-corrected chi connectivity index (χ2v) is 31.6. The zero-order valence-corrected chi connectivity index (χ0v) is 65.7. The Hall–Kier alpha value is -1.94. The largest absolute Gasteiger partial charge is 0.472 e. The Morgan fingerprint density at radius 1 is 0.286 bits per heavy atom. The topological polar surface area (TPSA) is 237 Å².